The molecule has 1 heterocycles. The zero-order valence-corrected chi connectivity index (χ0v) is 15.8. The van der Waals surface area contributed by atoms with E-state index >= 15 is 0 Å². The van der Waals surface area contributed by atoms with Crippen molar-refractivity contribution in [1.29, 1.82) is 0 Å². The predicted octanol–water partition coefficient (Wildman–Crippen LogP) is 3.54. The number of hydrogen-bond acceptors (Lipinski definition) is 2. The number of likely N-dealkylation sites (tertiary alicyclic amines) is 1. The Balaban J connectivity index is 1.67. The third kappa shape index (κ3) is 4.06. The van der Waals surface area contributed by atoms with Gasteiger partial charge in [0.1, 0.15) is 0 Å². The lowest BCUT2D eigenvalue weighted by Gasteiger charge is -2.39. The summed E-state index contributed by atoms with van der Waals surface area (Å²) < 4.78 is 0. The van der Waals surface area contributed by atoms with Gasteiger partial charge < -0.3 is 10.2 Å². The average Bonchev–Trinajstić information content (AvgIpc) is 2.66. The van der Waals surface area contributed by atoms with Gasteiger partial charge in [0.2, 0.25) is 11.8 Å². The molecule has 138 valence electrons. The molecule has 1 saturated heterocycles. The van der Waals surface area contributed by atoms with E-state index in [-0.39, 0.29) is 11.8 Å². The van der Waals surface area contributed by atoms with Crippen LogP contribution in [0.25, 0.3) is 10.8 Å². The molecule has 1 aliphatic heterocycles. The summed E-state index contributed by atoms with van der Waals surface area (Å²) in [4.78, 5) is 27.2. The number of nitrogens with zero attached hydrogens (tertiary/aromatic N) is 1. The first-order valence-electron chi connectivity index (χ1n) is 9.55. The van der Waals surface area contributed by atoms with Crippen molar-refractivity contribution in [3.8, 4) is 0 Å². The number of nitrogens with one attached hydrogen (secondary N) is 1. The largest absolute Gasteiger partial charge is 0.356 e. The van der Waals surface area contributed by atoms with E-state index in [2.05, 4.69) is 29.6 Å². The number of carbonyl (C=O) groups excluding carboxylic acids is 2. The monoisotopic (exact) mass is 352 g/mol. The maximum Gasteiger partial charge on any atom is 0.227 e. The third-order valence-corrected chi connectivity index (χ3v) is 5.30. The number of benzene rings is 2. The Bertz CT molecular complexity index is 802. The van der Waals surface area contributed by atoms with E-state index in [1.54, 1.807) is 0 Å². The summed E-state index contributed by atoms with van der Waals surface area (Å²) >= 11 is 0. The van der Waals surface area contributed by atoms with Crippen LogP contribution in [0.2, 0.25) is 0 Å². The Labute approximate surface area is 155 Å². The topological polar surface area (TPSA) is 49.4 Å². The Morgan fingerprint density at radius 3 is 2.69 bits per heavy atom. The second-order valence-corrected chi connectivity index (χ2v) is 7.59. The second-order valence-electron chi connectivity index (χ2n) is 7.59. The Kier molecular flexibility index (Phi) is 5.60. The minimum Gasteiger partial charge on any atom is -0.356 e. The van der Waals surface area contributed by atoms with E-state index in [1.165, 1.54) is 5.39 Å². The molecule has 4 nitrogen and oxygen atoms in total. The normalized spacial score (nSPS) is 20.2. The Hall–Kier alpha value is -2.36. The molecule has 0 bridgehead atoms. The highest BCUT2D eigenvalue weighted by molar-refractivity contribution is 5.87. The van der Waals surface area contributed by atoms with Crippen LogP contribution in [-0.4, -0.2) is 36.3 Å². The Morgan fingerprint density at radius 2 is 1.92 bits per heavy atom. The maximum absolute atomic E-state index is 12.8. The summed E-state index contributed by atoms with van der Waals surface area (Å²) in [5.74, 6) is 0.178. The van der Waals surface area contributed by atoms with Gasteiger partial charge in [-0.3, -0.25) is 9.59 Å². The van der Waals surface area contributed by atoms with Gasteiger partial charge >= 0.3 is 0 Å². The lowest BCUT2D eigenvalue weighted by atomic mass is 9.80. The van der Waals surface area contributed by atoms with E-state index in [4.69, 9.17) is 0 Å². The van der Waals surface area contributed by atoms with E-state index < -0.39 is 5.41 Å². The minimum absolute atomic E-state index is 0.0718. The van der Waals surface area contributed by atoms with Crippen molar-refractivity contribution in [3.63, 3.8) is 0 Å². The quantitative estimate of drug-likeness (QED) is 0.895. The zero-order chi connectivity index (χ0) is 18.6. The first-order chi connectivity index (χ1) is 12.5. The summed E-state index contributed by atoms with van der Waals surface area (Å²) in [7, 11) is 0. The van der Waals surface area contributed by atoms with Gasteiger partial charge in [-0.05, 0) is 42.5 Å². The van der Waals surface area contributed by atoms with Gasteiger partial charge in [-0.15, -0.1) is 0 Å². The van der Waals surface area contributed by atoms with Crippen molar-refractivity contribution >= 4 is 22.6 Å². The highest BCUT2D eigenvalue weighted by Gasteiger charge is 2.38. The molecule has 0 saturated carbocycles. The van der Waals surface area contributed by atoms with Crippen LogP contribution in [0.4, 0.5) is 0 Å². The first-order valence-corrected chi connectivity index (χ1v) is 9.55. The average molecular weight is 352 g/mol. The molecule has 1 unspecified atom stereocenters. The van der Waals surface area contributed by atoms with Gasteiger partial charge in [-0.25, -0.2) is 0 Å². The molecule has 0 radical (unpaired) electrons. The number of carbonyl (C=O) groups is 2. The molecule has 2 aromatic carbocycles. The van der Waals surface area contributed by atoms with Crippen LogP contribution in [0.15, 0.2) is 42.5 Å². The van der Waals surface area contributed by atoms with E-state index in [1.807, 2.05) is 36.9 Å². The molecule has 1 fully saturated rings. The number of amides is 2. The van der Waals surface area contributed by atoms with Crippen molar-refractivity contribution in [3.05, 3.63) is 48.0 Å². The van der Waals surface area contributed by atoms with E-state index in [0.717, 1.165) is 36.8 Å². The number of piperidine rings is 1. The standard InChI is InChI=1S/C22H28N2O2/c1-3-12-23-21(26)22(2)11-6-13-24(16-22)20(25)15-17-9-10-18-7-4-5-8-19(18)14-17/h4-5,7-10,14H,3,6,11-13,15-16H2,1-2H3,(H,23,26). The first kappa shape index (κ1) is 18.4. The summed E-state index contributed by atoms with van der Waals surface area (Å²) in [6, 6.07) is 14.4. The summed E-state index contributed by atoms with van der Waals surface area (Å²) in [6.45, 7) is 5.97. The number of hydrogen-bond donors (Lipinski definition) is 1. The van der Waals surface area contributed by atoms with Crippen LogP contribution in [-0.2, 0) is 16.0 Å². The molecule has 2 amide bonds. The van der Waals surface area contributed by atoms with Crippen molar-refractivity contribution in [2.75, 3.05) is 19.6 Å². The van der Waals surface area contributed by atoms with Gasteiger partial charge in [0, 0.05) is 19.6 Å². The van der Waals surface area contributed by atoms with Crippen molar-refractivity contribution in [2.45, 2.75) is 39.5 Å². The molecule has 0 spiro atoms. The summed E-state index contributed by atoms with van der Waals surface area (Å²) in [5, 5.41) is 5.33. The molecule has 1 N–H and O–H groups in total. The fourth-order valence-corrected chi connectivity index (χ4v) is 3.72. The van der Waals surface area contributed by atoms with E-state index in [0.29, 0.717) is 19.5 Å². The fraction of sp³-hybridized carbons (Fsp3) is 0.455. The molecular weight excluding hydrogens is 324 g/mol. The smallest absolute Gasteiger partial charge is 0.227 e. The van der Waals surface area contributed by atoms with Crippen LogP contribution in [0.1, 0.15) is 38.7 Å². The summed E-state index contributed by atoms with van der Waals surface area (Å²) in [5.41, 5.74) is 0.545. The van der Waals surface area contributed by atoms with E-state index in [9.17, 15) is 9.59 Å². The number of rotatable bonds is 5. The van der Waals surface area contributed by atoms with Crippen LogP contribution in [0, 0.1) is 5.41 Å². The van der Waals surface area contributed by atoms with Gasteiger partial charge in [0.25, 0.3) is 0 Å². The zero-order valence-electron chi connectivity index (χ0n) is 15.8. The predicted molar refractivity (Wildman–Crippen MR) is 105 cm³/mol. The molecule has 0 aliphatic carbocycles. The lowest BCUT2D eigenvalue weighted by molar-refractivity contribution is -0.140. The SMILES string of the molecule is CCCNC(=O)C1(C)CCCN(C(=O)Cc2ccc3ccccc3c2)C1. The third-order valence-electron chi connectivity index (χ3n) is 5.30. The van der Waals surface area contributed by atoms with Gasteiger partial charge in [0.15, 0.2) is 0 Å². The van der Waals surface area contributed by atoms with Gasteiger partial charge in [-0.2, -0.15) is 0 Å². The highest BCUT2D eigenvalue weighted by atomic mass is 16.2. The molecule has 2 aromatic rings. The maximum atomic E-state index is 12.8. The van der Waals surface area contributed by atoms with Crippen LogP contribution in [0.3, 0.4) is 0 Å². The van der Waals surface area contributed by atoms with Gasteiger partial charge in [-0.1, -0.05) is 49.4 Å². The van der Waals surface area contributed by atoms with Crippen molar-refractivity contribution in [1.82, 2.24) is 10.2 Å². The molecule has 3 rings (SSSR count). The summed E-state index contributed by atoms with van der Waals surface area (Å²) in [6.07, 6.45) is 3.02. The molecule has 1 atom stereocenters. The highest BCUT2D eigenvalue weighted by Crippen LogP contribution is 2.30. The van der Waals surface area contributed by atoms with Crippen LogP contribution in [0.5, 0.6) is 0 Å². The molecule has 1 aliphatic rings. The molecule has 0 aromatic heterocycles. The fourth-order valence-electron chi connectivity index (χ4n) is 3.72. The van der Waals surface area contributed by atoms with Crippen LogP contribution >= 0.6 is 0 Å². The van der Waals surface area contributed by atoms with Crippen molar-refractivity contribution < 1.29 is 9.59 Å². The molecule has 26 heavy (non-hydrogen) atoms. The Morgan fingerprint density at radius 1 is 1.15 bits per heavy atom. The molecular formula is C22H28N2O2. The van der Waals surface area contributed by atoms with Crippen LogP contribution < -0.4 is 5.32 Å². The minimum atomic E-state index is -0.480. The second kappa shape index (κ2) is 7.90. The van der Waals surface area contributed by atoms with Crippen molar-refractivity contribution in [2.24, 2.45) is 5.41 Å². The number of fused-ring (bicyclic) bond motifs is 1. The lowest BCUT2D eigenvalue weighted by Crippen LogP contribution is -2.52. The molecule has 4 heteroatoms. The van der Waals surface area contributed by atoms with Gasteiger partial charge in [0.05, 0.1) is 11.8 Å².